The predicted octanol–water partition coefficient (Wildman–Crippen LogP) is 3.50. The highest BCUT2D eigenvalue weighted by atomic mass is 32.1. The van der Waals surface area contributed by atoms with Gasteiger partial charge in [-0.05, 0) is 23.1 Å². The van der Waals surface area contributed by atoms with Crippen LogP contribution in [0.3, 0.4) is 0 Å². The lowest BCUT2D eigenvalue weighted by molar-refractivity contribution is 0.0918. The van der Waals surface area contributed by atoms with E-state index in [1.807, 2.05) is 60.7 Å². The van der Waals surface area contributed by atoms with Crippen molar-refractivity contribution in [1.82, 2.24) is 14.0 Å². The zero-order valence-electron chi connectivity index (χ0n) is 18.2. The minimum Gasteiger partial charge on any atom is -0.444 e. The Morgan fingerprint density at radius 1 is 1.06 bits per heavy atom. The van der Waals surface area contributed by atoms with Gasteiger partial charge < -0.3 is 14.2 Å². The highest BCUT2D eigenvalue weighted by Crippen LogP contribution is 2.26. The van der Waals surface area contributed by atoms with Crippen LogP contribution in [0.5, 0.6) is 0 Å². The van der Waals surface area contributed by atoms with Crippen molar-refractivity contribution in [3.8, 4) is 0 Å². The fraction of sp³-hybridized carbons (Fsp3) is 0.240. The number of carbonyl (C=O) groups is 1. The van der Waals surface area contributed by atoms with Crippen LogP contribution in [0, 0.1) is 0 Å². The van der Waals surface area contributed by atoms with E-state index in [1.165, 1.54) is 14.0 Å². The molecule has 0 unspecified atom stereocenters. The van der Waals surface area contributed by atoms with Gasteiger partial charge in [0.1, 0.15) is 6.61 Å². The largest absolute Gasteiger partial charge is 0.444 e. The van der Waals surface area contributed by atoms with Gasteiger partial charge in [-0.25, -0.2) is 9.59 Å². The first-order chi connectivity index (χ1) is 16.0. The van der Waals surface area contributed by atoms with Crippen LogP contribution >= 0.6 is 11.3 Å². The van der Waals surface area contributed by atoms with Gasteiger partial charge in [0.05, 0.1) is 18.7 Å². The van der Waals surface area contributed by atoms with Gasteiger partial charge in [-0.1, -0.05) is 48.5 Å². The van der Waals surface area contributed by atoms with Crippen molar-refractivity contribution in [3.05, 3.63) is 103 Å². The number of rotatable bonds is 4. The summed E-state index contributed by atoms with van der Waals surface area (Å²) < 4.78 is 9.46. The van der Waals surface area contributed by atoms with E-state index in [2.05, 4.69) is 0 Å². The van der Waals surface area contributed by atoms with E-state index in [9.17, 15) is 14.4 Å². The van der Waals surface area contributed by atoms with Crippen LogP contribution in [0.4, 0.5) is 4.79 Å². The molecule has 0 aliphatic carbocycles. The van der Waals surface area contributed by atoms with Crippen molar-refractivity contribution < 1.29 is 9.53 Å². The Morgan fingerprint density at radius 2 is 1.82 bits per heavy atom. The summed E-state index contributed by atoms with van der Waals surface area (Å²) in [5.74, 6) is 0. The lowest BCUT2D eigenvalue weighted by Gasteiger charge is -2.29. The van der Waals surface area contributed by atoms with Crippen molar-refractivity contribution in [2.24, 2.45) is 7.05 Å². The van der Waals surface area contributed by atoms with E-state index in [4.69, 9.17) is 4.74 Å². The third-order valence-corrected chi connectivity index (χ3v) is 7.09. The lowest BCUT2D eigenvalue weighted by atomic mass is 10.1. The van der Waals surface area contributed by atoms with Crippen molar-refractivity contribution in [2.75, 3.05) is 6.54 Å². The monoisotopic (exact) mass is 461 g/mol. The summed E-state index contributed by atoms with van der Waals surface area (Å²) >= 11 is 1.60. The van der Waals surface area contributed by atoms with E-state index < -0.39 is 6.09 Å². The molecule has 2 aromatic heterocycles. The molecule has 4 aromatic rings. The number of nitrogens with zero attached hydrogens (tertiary/aromatic N) is 3. The Balaban J connectivity index is 1.35. The molecule has 2 aromatic carbocycles. The number of carbonyl (C=O) groups excluding carboxylic acids is 1. The smallest absolute Gasteiger partial charge is 0.410 e. The van der Waals surface area contributed by atoms with E-state index >= 15 is 0 Å². The van der Waals surface area contributed by atoms with Crippen LogP contribution in [-0.2, 0) is 37.9 Å². The summed E-state index contributed by atoms with van der Waals surface area (Å²) in [7, 11) is 1.68. The highest BCUT2D eigenvalue weighted by Gasteiger charge is 2.27. The summed E-state index contributed by atoms with van der Waals surface area (Å²) in [6.45, 7) is 0.902. The van der Waals surface area contributed by atoms with Crippen LogP contribution in [0.15, 0.2) is 70.3 Å². The molecule has 1 aliphatic heterocycles. The third-order valence-electron chi connectivity index (χ3n) is 6.00. The molecular weight excluding hydrogens is 438 g/mol. The summed E-state index contributed by atoms with van der Waals surface area (Å²) in [5, 5.41) is 1.13. The zero-order valence-corrected chi connectivity index (χ0v) is 19.0. The molecule has 33 heavy (non-hydrogen) atoms. The maximum absolute atomic E-state index is 13.2. The molecule has 0 atom stereocenters. The van der Waals surface area contributed by atoms with Gasteiger partial charge in [-0.2, -0.15) is 0 Å². The van der Waals surface area contributed by atoms with Gasteiger partial charge in [-0.15, -0.1) is 11.3 Å². The van der Waals surface area contributed by atoms with Crippen LogP contribution in [0.2, 0.25) is 0 Å². The number of ether oxygens (including phenoxy) is 1. The fourth-order valence-corrected chi connectivity index (χ4v) is 5.23. The normalized spacial score (nSPS) is 13.2. The summed E-state index contributed by atoms with van der Waals surface area (Å²) in [6.07, 6.45) is -0.0264. The van der Waals surface area contributed by atoms with Gasteiger partial charge in [0.2, 0.25) is 0 Å². The minimum atomic E-state index is -0.457. The molecule has 3 heterocycles. The average molecular weight is 462 g/mol. The third kappa shape index (κ3) is 4.09. The Kier molecular flexibility index (Phi) is 5.60. The Hall–Kier alpha value is -3.65. The summed E-state index contributed by atoms with van der Waals surface area (Å²) in [6, 6.07) is 19.4. The molecule has 0 bridgehead atoms. The number of thiophene rings is 1. The second-order valence-corrected chi connectivity index (χ2v) is 9.29. The Morgan fingerprint density at radius 3 is 2.61 bits per heavy atom. The first kappa shape index (κ1) is 21.2. The van der Waals surface area contributed by atoms with E-state index in [1.54, 1.807) is 18.4 Å². The van der Waals surface area contributed by atoms with Gasteiger partial charge >= 0.3 is 11.8 Å². The standard InChI is InChI=1S/C25H23N3O4S/c1-26-21-11-12-27(25(31)32-16-19-13-18-9-5-6-10-22(18)33-19)15-20(21)23(29)28(24(26)30)14-17-7-3-2-4-8-17/h2-10,13H,11-12,14-16H2,1H3. The Labute approximate surface area is 194 Å². The number of amides is 1. The van der Waals surface area contributed by atoms with Crippen LogP contribution in [-0.4, -0.2) is 26.7 Å². The van der Waals surface area contributed by atoms with Crippen molar-refractivity contribution in [2.45, 2.75) is 26.1 Å². The molecule has 0 saturated carbocycles. The number of hydrogen-bond donors (Lipinski definition) is 0. The van der Waals surface area contributed by atoms with E-state index in [-0.39, 0.29) is 30.9 Å². The molecular formula is C25H23N3O4S. The number of fused-ring (bicyclic) bond motifs is 2. The zero-order chi connectivity index (χ0) is 22.9. The predicted molar refractivity (Wildman–Crippen MR) is 128 cm³/mol. The van der Waals surface area contributed by atoms with Crippen LogP contribution < -0.4 is 11.2 Å². The number of hydrogen-bond acceptors (Lipinski definition) is 5. The van der Waals surface area contributed by atoms with E-state index in [0.717, 1.165) is 20.5 Å². The maximum Gasteiger partial charge on any atom is 0.410 e. The van der Waals surface area contributed by atoms with Crippen LogP contribution in [0.25, 0.3) is 10.1 Å². The van der Waals surface area contributed by atoms with Crippen molar-refractivity contribution >= 4 is 27.5 Å². The van der Waals surface area contributed by atoms with E-state index in [0.29, 0.717) is 24.2 Å². The minimum absolute atomic E-state index is 0.127. The molecule has 7 nitrogen and oxygen atoms in total. The maximum atomic E-state index is 13.2. The topological polar surface area (TPSA) is 73.5 Å². The van der Waals surface area contributed by atoms with Gasteiger partial charge in [0.15, 0.2) is 0 Å². The molecule has 0 fully saturated rings. The molecule has 0 N–H and O–H groups in total. The summed E-state index contributed by atoms with van der Waals surface area (Å²) in [5.41, 5.74) is 1.33. The van der Waals surface area contributed by atoms with Crippen molar-refractivity contribution in [1.29, 1.82) is 0 Å². The first-order valence-corrected chi connectivity index (χ1v) is 11.6. The van der Waals surface area contributed by atoms with Crippen molar-refractivity contribution in [3.63, 3.8) is 0 Å². The quantitative estimate of drug-likeness (QED) is 0.466. The SMILES string of the molecule is Cn1c2c(c(=O)n(Cc3ccccc3)c1=O)CN(C(=O)OCc1cc3ccccc3s1)CC2. The molecule has 8 heteroatoms. The molecule has 1 amide bonds. The second kappa shape index (κ2) is 8.71. The Bertz CT molecular complexity index is 1420. The first-order valence-electron chi connectivity index (χ1n) is 10.8. The lowest BCUT2D eigenvalue weighted by Crippen LogP contribution is -2.48. The molecule has 1 aliphatic rings. The molecule has 168 valence electrons. The highest BCUT2D eigenvalue weighted by molar-refractivity contribution is 7.19. The average Bonchev–Trinajstić information content (AvgIpc) is 3.27. The fourth-order valence-electron chi connectivity index (χ4n) is 4.25. The number of aromatic nitrogens is 2. The molecule has 0 saturated heterocycles. The van der Waals surface area contributed by atoms with Crippen LogP contribution in [0.1, 0.15) is 21.7 Å². The molecule has 0 spiro atoms. The molecule has 0 radical (unpaired) electrons. The van der Waals surface area contributed by atoms with Gasteiger partial charge in [-0.3, -0.25) is 9.36 Å². The number of benzene rings is 2. The molecule has 5 rings (SSSR count). The summed E-state index contributed by atoms with van der Waals surface area (Å²) in [4.78, 5) is 41.3. The van der Waals surface area contributed by atoms with Gasteiger partial charge in [0.25, 0.3) is 5.56 Å². The van der Waals surface area contributed by atoms with Gasteiger partial charge in [0, 0.05) is 35.3 Å². The second-order valence-electron chi connectivity index (χ2n) is 8.12.